The predicted octanol–water partition coefficient (Wildman–Crippen LogP) is 0.440. The van der Waals surface area contributed by atoms with Crippen LogP contribution < -0.4 is 4.74 Å². The first-order valence-corrected chi connectivity index (χ1v) is 3.27. The first-order chi connectivity index (χ1) is 4.88. The van der Waals surface area contributed by atoms with Gasteiger partial charge in [-0.25, -0.2) is 0 Å². The van der Waals surface area contributed by atoms with Gasteiger partial charge in [-0.3, -0.25) is 5.10 Å². The van der Waals surface area contributed by atoms with E-state index >= 15 is 0 Å². The van der Waals surface area contributed by atoms with Crippen molar-refractivity contribution in [1.82, 2.24) is 10.2 Å². The summed E-state index contributed by atoms with van der Waals surface area (Å²) in [6.45, 7) is 0.681. The normalized spacial score (nSPS) is 16.0. The zero-order chi connectivity index (χ0) is 6.97. The summed E-state index contributed by atoms with van der Waals surface area (Å²) >= 11 is 0. The third-order valence-corrected chi connectivity index (χ3v) is 1.59. The van der Waals surface area contributed by atoms with Gasteiger partial charge in [0.2, 0.25) is 5.75 Å². The van der Waals surface area contributed by atoms with E-state index in [1.165, 1.54) is 0 Å². The van der Waals surface area contributed by atoms with Gasteiger partial charge in [0.1, 0.15) is 0 Å². The van der Waals surface area contributed by atoms with Crippen molar-refractivity contribution in [3.8, 4) is 11.6 Å². The zero-order valence-electron chi connectivity index (χ0n) is 5.42. The molecule has 0 atom stereocenters. The number of aryl methyl sites for hydroxylation is 1. The molecule has 54 valence electrons. The van der Waals surface area contributed by atoms with Crippen LogP contribution >= 0.6 is 0 Å². The molecule has 0 aromatic carbocycles. The van der Waals surface area contributed by atoms with Gasteiger partial charge in [0, 0.05) is 0 Å². The molecule has 2 heterocycles. The monoisotopic (exact) mass is 140 g/mol. The molecule has 0 unspecified atom stereocenters. The number of aromatic amines is 1. The molecule has 4 nitrogen and oxygen atoms in total. The minimum Gasteiger partial charge on any atom is -0.490 e. The summed E-state index contributed by atoms with van der Waals surface area (Å²) in [6, 6.07) is 0. The van der Waals surface area contributed by atoms with Gasteiger partial charge in [-0.15, -0.1) is 5.10 Å². The van der Waals surface area contributed by atoms with Gasteiger partial charge in [-0.05, 0) is 12.8 Å². The molecule has 10 heavy (non-hydrogen) atoms. The van der Waals surface area contributed by atoms with Crippen LogP contribution in [0.1, 0.15) is 12.1 Å². The first kappa shape index (κ1) is 5.58. The van der Waals surface area contributed by atoms with E-state index in [1.807, 2.05) is 0 Å². The number of rotatable bonds is 0. The van der Waals surface area contributed by atoms with Crippen LogP contribution in [-0.2, 0) is 6.42 Å². The predicted molar refractivity (Wildman–Crippen MR) is 34.1 cm³/mol. The van der Waals surface area contributed by atoms with E-state index in [-0.39, 0.29) is 5.88 Å². The molecule has 0 radical (unpaired) electrons. The number of ether oxygens (including phenoxy) is 1. The van der Waals surface area contributed by atoms with Gasteiger partial charge < -0.3 is 9.84 Å². The lowest BCUT2D eigenvalue weighted by Gasteiger charge is -2.10. The Balaban J connectivity index is 2.45. The van der Waals surface area contributed by atoms with Crippen molar-refractivity contribution >= 4 is 0 Å². The highest BCUT2D eigenvalue weighted by atomic mass is 16.5. The molecule has 2 N–H and O–H groups in total. The van der Waals surface area contributed by atoms with Crippen LogP contribution in [0.3, 0.4) is 0 Å². The van der Waals surface area contributed by atoms with Crippen molar-refractivity contribution < 1.29 is 9.84 Å². The Labute approximate surface area is 57.8 Å². The Morgan fingerprint density at radius 2 is 2.50 bits per heavy atom. The topological polar surface area (TPSA) is 58.1 Å². The molecule has 1 aromatic heterocycles. The second-order valence-corrected chi connectivity index (χ2v) is 2.31. The lowest BCUT2D eigenvalue weighted by molar-refractivity contribution is 0.273. The number of nitrogens with zero attached hydrogens (tertiary/aromatic N) is 1. The summed E-state index contributed by atoms with van der Waals surface area (Å²) < 4.78 is 5.15. The molecular formula is C6H8N2O2. The standard InChI is InChI=1S/C6H8N2O2/c9-6-5-4(7-8-6)2-1-3-10-5/h1-3H2,(H2,7,8,9). The number of aromatic hydroxyl groups is 1. The molecule has 0 bridgehead atoms. The maximum absolute atomic E-state index is 9.03. The van der Waals surface area contributed by atoms with Gasteiger partial charge in [0.15, 0.2) is 0 Å². The maximum atomic E-state index is 9.03. The Morgan fingerprint density at radius 1 is 1.60 bits per heavy atom. The summed E-state index contributed by atoms with van der Waals surface area (Å²) in [5.74, 6) is 0.515. The van der Waals surface area contributed by atoms with E-state index in [1.54, 1.807) is 0 Å². The van der Waals surface area contributed by atoms with Crippen molar-refractivity contribution in [3.05, 3.63) is 5.69 Å². The van der Waals surface area contributed by atoms with Crippen LogP contribution in [0.2, 0.25) is 0 Å². The molecule has 1 aliphatic rings. The minimum atomic E-state index is -0.0188. The van der Waals surface area contributed by atoms with E-state index in [0.717, 1.165) is 18.5 Å². The second kappa shape index (κ2) is 1.90. The van der Waals surface area contributed by atoms with Crippen LogP contribution in [0, 0.1) is 0 Å². The van der Waals surface area contributed by atoms with Gasteiger partial charge in [0.05, 0.1) is 12.3 Å². The first-order valence-electron chi connectivity index (χ1n) is 3.27. The molecule has 0 saturated carbocycles. The number of fused-ring (bicyclic) bond motifs is 1. The molecule has 0 fully saturated rings. The second-order valence-electron chi connectivity index (χ2n) is 2.31. The number of H-pyrrole nitrogens is 1. The fraction of sp³-hybridized carbons (Fsp3) is 0.500. The Hall–Kier alpha value is -1.19. The summed E-state index contributed by atoms with van der Waals surface area (Å²) in [6.07, 6.45) is 1.91. The molecule has 1 aliphatic heterocycles. The number of nitrogens with one attached hydrogen (secondary N) is 1. The Kier molecular flexibility index (Phi) is 1.06. The lowest BCUT2D eigenvalue weighted by Crippen LogP contribution is -2.06. The summed E-state index contributed by atoms with van der Waals surface area (Å²) in [5, 5.41) is 15.3. The highest BCUT2D eigenvalue weighted by Crippen LogP contribution is 2.30. The van der Waals surface area contributed by atoms with E-state index in [2.05, 4.69) is 10.2 Å². The molecule has 4 heteroatoms. The van der Waals surface area contributed by atoms with Crippen molar-refractivity contribution in [2.45, 2.75) is 12.8 Å². The molecule has 1 aromatic rings. The highest BCUT2D eigenvalue weighted by molar-refractivity contribution is 5.37. The molecule has 0 saturated heterocycles. The SMILES string of the molecule is Oc1n[nH]c2c1OCCC2. The van der Waals surface area contributed by atoms with Gasteiger partial charge in [-0.2, -0.15) is 0 Å². The van der Waals surface area contributed by atoms with E-state index < -0.39 is 0 Å². The highest BCUT2D eigenvalue weighted by Gasteiger charge is 2.16. The number of hydrogen-bond donors (Lipinski definition) is 2. The summed E-state index contributed by atoms with van der Waals surface area (Å²) in [4.78, 5) is 0. The average Bonchev–Trinajstić information content (AvgIpc) is 2.34. The van der Waals surface area contributed by atoms with Crippen molar-refractivity contribution in [1.29, 1.82) is 0 Å². The Morgan fingerprint density at radius 3 is 3.30 bits per heavy atom. The summed E-state index contributed by atoms with van der Waals surface area (Å²) in [5.41, 5.74) is 0.906. The number of aromatic nitrogens is 2. The van der Waals surface area contributed by atoms with Crippen LogP contribution in [0.25, 0.3) is 0 Å². The fourth-order valence-corrected chi connectivity index (χ4v) is 1.10. The van der Waals surface area contributed by atoms with E-state index in [9.17, 15) is 0 Å². The third kappa shape index (κ3) is 0.650. The molecule has 2 rings (SSSR count). The average molecular weight is 140 g/mol. The molecule has 0 spiro atoms. The van der Waals surface area contributed by atoms with Gasteiger partial charge >= 0.3 is 0 Å². The third-order valence-electron chi connectivity index (χ3n) is 1.59. The zero-order valence-corrected chi connectivity index (χ0v) is 5.42. The number of hydrogen-bond acceptors (Lipinski definition) is 3. The maximum Gasteiger partial charge on any atom is 0.273 e. The Bertz CT molecular complexity index is 244. The summed E-state index contributed by atoms with van der Waals surface area (Å²) in [7, 11) is 0. The van der Waals surface area contributed by atoms with E-state index in [4.69, 9.17) is 9.84 Å². The quantitative estimate of drug-likeness (QED) is 0.549. The van der Waals surface area contributed by atoms with Crippen molar-refractivity contribution in [2.24, 2.45) is 0 Å². The lowest BCUT2D eigenvalue weighted by atomic mass is 10.2. The van der Waals surface area contributed by atoms with Crippen LogP contribution in [0.5, 0.6) is 11.6 Å². The van der Waals surface area contributed by atoms with Crippen molar-refractivity contribution in [3.63, 3.8) is 0 Å². The minimum absolute atomic E-state index is 0.0188. The van der Waals surface area contributed by atoms with E-state index in [0.29, 0.717) is 12.4 Å². The van der Waals surface area contributed by atoms with Crippen LogP contribution in [0.15, 0.2) is 0 Å². The molecular weight excluding hydrogens is 132 g/mol. The van der Waals surface area contributed by atoms with Crippen LogP contribution in [0.4, 0.5) is 0 Å². The van der Waals surface area contributed by atoms with Gasteiger partial charge in [0.25, 0.3) is 5.88 Å². The molecule has 0 amide bonds. The van der Waals surface area contributed by atoms with Crippen molar-refractivity contribution in [2.75, 3.05) is 6.61 Å². The smallest absolute Gasteiger partial charge is 0.273 e. The molecule has 0 aliphatic carbocycles. The largest absolute Gasteiger partial charge is 0.490 e. The van der Waals surface area contributed by atoms with Gasteiger partial charge in [-0.1, -0.05) is 0 Å². The fourth-order valence-electron chi connectivity index (χ4n) is 1.10. The van der Waals surface area contributed by atoms with Crippen LogP contribution in [-0.4, -0.2) is 21.9 Å².